The van der Waals surface area contributed by atoms with Crippen molar-refractivity contribution in [2.45, 2.75) is 12.6 Å². The molecule has 5 nitrogen and oxygen atoms in total. The van der Waals surface area contributed by atoms with E-state index in [1.807, 2.05) is 0 Å². The average Bonchev–Trinajstić information content (AvgIpc) is 2.07. The zero-order valence-corrected chi connectivity index (χ0v) is 9.46. The van der Waals surface area contributed by atoms with Crippen molar-refractivity contribution in [1.82, 2.24) is 0 Å². The van der Waals surface area contributed by atoms with E-state index in [0.29, 0.717) is 0 Å². The lowest BCUT2D eigenvalue weighted by atomic mass is 10.1. The second-order valence-corrected chi connectivity index (χ2v) is 5.20. The number of rotatable bonds is 4. The summed E-state index contributed by atoms with van der Waals surface area (Å²) in [4.78, 5) is 0. The Morgan fingerprint density at radius 3 is 2.69 bits per heavy atom. The monoisotopic (exact) mass is 248 g/mol. The van der Waals surface area contributed by atoms with Crippen LogP contribution in [0.3, 0.4) is 0 Å². The molecular weight excluding hydrogens is 235 g/mol. The summed E-state index contributed by atoms with van der Waals surface area (Å²) in [6, 6.07) is 3.71. The molecular formula is C9H13FN2O3S. The number of benzene rings is 1. The lowest BCUT2D eigenvalue weighted by molar-refractivity contribution is 0.181. The molecule has 0 aliphatic heterocycles. The highest BCUT2D eigenvalue weighted by atomic mass is 32.2. The minimum atomic E-state index is -3.40. The molecule has 1 aromatic rings. The van der Waals surface area contributed by atoms with Crippen LogP contribution in [0.1, 0.15) is 5.56 Å². The van der Waals surface area contributed by atoms with Crippen LogP contribution in [0.25, 0.3) is 0 Å². The van der Waals surface area contributed by atoms with Crippen LogP contribution in [0.2, 0.25) is 0 Å². The van der Waals surface area contributed by atoms with E-state index in [4.69, 9.17) is 10.8 Å². The van der Waals surface area contributed by atoms with Crippen LogP contribution in [0, 0.1) is 5.82 Å². The van der Waals surface area contributed by atoms with Crippen molar-refractivity contribution < 1.29 is 17.9 Å². The molecule has 16 heavy (non-hydrogen) atoms. The lowest BCUT2D eigenvalue weighted by Crippen LogP contribution is -2.22. The maximum atomic E-state index is 13.2. The third kappa shape index (κ3) is 4.13. The molecule has 0 spiro atoms. The largest absolute Gasteiger partial charge is 0.378 e. The van der Waals surface area contributed by atoms with Gasteiger partial charge in [-0.2, -0.15) is 0 Å². The van der Waals surface area contributed by atoms with Crippen molar-refractivity contribution in [3.8, 4) is 0 Å². The molecule has 0 heterocycles. The Labute approximate surface area is 93.1 Å². The average molecular weight is 248 g/mol. The number of halogens is 1. The van der Waals surface area contributed by atoms with Gasteiger partial charge in [0.2, 0.25) is 10.0 Å². The zero-order valence-electron chi connectivity index (χ0n) is 8.64. The van der Waals surface area contributed by atoms with E-state index in [9.17, 15) is 12.8 Å². The predicted molar refractivity (Wildman–Crippen MR) is 58.8 cm³/mol. The highest BCUT2D eigenvalue weighted by molar-refractivity contribution is 7.92. The van der Waals surface area contributed by atoms with Crippen molar-refractivity contribution in [2.75, 3.05) is 11.0 Å². The third-order valence-corrected chi connectivity index (χ3v) is 2.38. The molecule has 0 radical (unpaired) electrons. The Morgan fingerprint density at radius 1 is 1.56 bits per heavy atom. The van der Waals surface area contributed by atoms with Crippen molar-refractivity contribution in [1.29, 1.82) is 0 Å². The van der Waals surface area contributed by atoms with E-state index in [0.717, 1.165) is 12.3 Å². The van der Waals surface area contributed by atoms with Gasteiger partial charge in [0.05, 0.1) is 6.26 Å². The van der Waals surface area contributed by atoms with Gasteiger partial charge in [-0.05, 0) is 23.8 Å². The summed E-state index contributed by atoms with van der Waals surface area (Å²) in [7, 11) is -3.40. The van der Waals surface area contributed by atoms with Gasteiger partial charge in [-0.3, -0.25) is 4.72 Å². The molecule has 0 aliphatic carbocycles. The first-order valence-corrected chi connectivity index (χ1v) is 6.37. The van der Waals surface area contributed by atoms with E-state index in [2.05, 4.69) is 4.72 Å². The predicted octanol–water partition coefficient (Wildman–Crippen LogP) is 0.0168. The topological polar surface area (TPSA) is 92.4 Å². The quantitative estimate of drug-likeness (QED) is 0.655. The van der Waals surface area contributed by atoms with Gasteiger partial charge in [0, 0.05) is 12.1 Å². The van der Waals surface area contributed by atoms with Gasteiger partial charge >= 0.3 is 0 Å². The number of nitrogens with one attached hydrogen (secondary N) is 1. The highest BCUT2D eigenvalue weighted by Crippen LogP contribution is 2.16. The molecule has 0 aromatic heterocycles. The van der Waals surface area contributed by atoms with Gasteiger partial charge in [-0.25, -0.2) is 12.8 Å². The van der Waals surface area contributed by atoms with Crippen LogP contribution in [0.4, 0.5) is 10.1 Å². The fraction of sp³-hybridized carbons (Fsp3) is 0.333. The Kier molecular flexibility index (Phi) is 3.84. The van der Waals surface area contributed by atoms with Gasteiger partial charge in [-0.15, -0.1) is 0 Å². The Morgan fingerprint density at radius 2 is 2.19 bits per heavy atom. The van der Waals surface area contributed by atoms with Crippen molar-refractivity contribution >= 4 is 15.7 Å². The second kappa shape index (κ2) is 4.77. The summed E-state index contributed by atoms with van der Waals surface area (Å²) in [5.74, 6) is -0.538. The fourth-order valence-corrected chi connectivity index (χ4v) is 1.79. The summed E-state index contributed by atoms with van der Waals surface area (Å²) in [5, 5.41) is 8.93. The van der Waals surface area contributed by atoms with E-state index >= 15 is 0 Å². The van der Waals surface area contributed by atoms with Crippen molar-refractivity contribution in [2.24, 2.45) is 5.73 Å². The van der Waals surface area contributed by atoms with E-state index in [1.165, 1.54) is 12.1 Å². The molecule has 0 bridgehead atoms. The molecule has 90 valence electrons. The van der Waals surface area contributed by atoms with Gasteiger partial charge in [0.25, 0.3) is 0 Å². The third-order valence-electron chi connectivity index (χ3n) is 1.78. The zero-order chi connectivity index (χ0) is 12.3. The Bertz CT molecular complexity index is 474. The number of anilines is 1. The van der Waals surface area contributed by atoms with Crippen LogP contribution in [-0.4, -0.2) is 26.0 Å². The minimum Gasteiger partial charge on any atom is -0.378 e. The van der Waals surface area contributed by atoms with Crippen LogP contribution in [0.5, 0.6) is 0 Å². The van der Waals surface area contributed by atoms with Crippen molar-refractivity contribution in [3.63, 3.8) is 0 Å². The SMILES string of the molecule is CS(=O)(=O)Nc1ccc(F)c(C[C@H](N)O)c1. The number of sulfonamides is 1. The second-order valence-electron chi connectivity index (χ2n) is 3.45. The molecule has 0 unspecified atom stereocenters. The van der Waals surface area contributed by atoms with Gasteiger partial charge < -0.3 is 10.8 Å². The normalized spacial score (nSPS) is 13.5. The molecule has 7 heteroatoms. The number of hydrogen-bond donors (Lipinski definition) is 3. The Balaban J connectivity index is 2.98. The highest BCUT2D eigenvalue weighted by Gasteiger charge is 2.09. The van der Waals surface area contributed by atoms with E-state index in [1.54, 1.807) is 0 Å². The van der Waals surface area contributed by atoms with Crippen LogP contribution >= 0.6 is 0 Å². The van der Waals surface area contributed by atoms with Crippen LogP contribution < -0.4 is 10.5 Å². The first-order chi connectivity index (χ1) is 7.28. The maximum absolute atomic E-state index is 13.2. The summed E-state index contributed by atoms with van der Waals surface area (Å²) in [6.45, 7) is 0. The number of aliphatic hydroxyl groups is 1. The maximum Gasteiger partial charge on any atom is 0.229 e. The molecule has 0 saturated heterocycles. The molecule has 1 atom stereocenters. The van der Waals surface area contributed by atoms with E-state index < -0.39 is 22.1 Å². The summed E-state index contributed by atoms with van der Waals surface area (Å²) in [5.41, 5.74) is 5.51. The van der Waals surface area contributed by atoms with Gasteiger partial charge in [0.1, 0.15) is 12.0 Å². The fourth-order valence-electron chi connectivity index (χ4n) is 1.23. The minimum absolute atomic E-state index is 0.0783. The molecule has 0 amide bonds. The first kappa shape index (κ1) is 12.9. The molecule has 0 aliphatic rings. The Hall–Kier alpha value is -1.18. The first-order valence-electron chi connectivity index (χ1n) is 4.48. The molecule has 0 fully saturated rings. The van der Waals surface area contributed by atoms with Crippen molar-refractivity contribution in [3.05, 3.63) is 29.6 Å². The molecule has 1 aromatic carbocycles. The van der Waals surface area contributed by atoms with Crippen LogP contribution in [-0.2, 0) is 16.4 Å². The lowest BCUT2D eigenvalue weighted by Gasteiger charge is -2.09. The molecule has 4 N–H and O–H groups in total. The van der Waals surface area contributed by atoms with Gasteiger partial charge in [0.15, 0.2) is 0 Å². The summed E-state index contributed by atoms with van der Waals surface area (Å²) < 4.78 is 37.3. The number of nitrogens with two attached hydrogens (primary N) is 1. The van der Waals surface area contributed by atoms with E-state index in [-0.39, 0.29) is 17.7 Å². The molecule has 1 rings (SSSR count). The van der Waals surface area contributed by atoms with Gasteiger partial charge in [-0.1, -0.05) is 0 Å². The smallest absolute Gasteiger partial charge is 0.229 e. The molecule has 0 saturated carbocycles. The number of aliphatic hydroxyl groups excluding tert-OH is 1. The van der Waals surface area contributed by atoms with Crippen LogP contribution in [0.15, 0.2) is 18.2 Å². The standard InChI is InChI=1S/C9H13FN2O3S/c1-16(14,15)12-7-2-3-8(10)6(4-7)5-9(11)13/h2-4,9,12-13H,5,11H2,1H3/t9-/m1/s1. The summed E-state index contributed by atoms with van der Waals surface area (Å²) >= 11 is 0. The number of hydrogen-bond acceptors (Lipinski definition) is 4. The summed E-state index contributed by atoms with van der Waals surface area (Å²) in [6.07, 6.45) is -0.262.